The van der Waals surface area contributed by atoms with Crippen molar-refractivity contribution in [3.63, 3.8) is 0 Å². The standard InChI is InChI=1S/C19H23NO/c1-13-16(6-5-7-17(13)20)18(21)12-14-8-10-15(11-9-14)19(2,3)4/h5-11H,12,20H2,1-4H3. The Bertz CT molecular complexity index is 648. The zero-order valence-electron chi connectivity index (χ0n) is 13.2. The number of nitrogen functional groups attached to an aromatic ring is 1. The molecule has 0 saturated carbocycles. The molecule has 2 rings (SSSR count). The maximum Gasteiger partial charge on any atom is 0.167 e. The molecule has 2 aromatic carbocycles. The molecule has 2 N–H and O–H groups in total. The molecule has 0 bridgehead atoms. The van der Waals surface area contributed by atoms with Crippen molar-refractivity contribution in [2.75, 3.05) is 5.73 Å². The molecule has 110 valence electrons. The first kappa shape index (κ1) is 15.3. The van der Waals surface area contributed by atoms with Crippen LogP contribution in [0, 0.1) is 6.92 Å². The number of rotatable bonds is 3. The molecular weight excluding hydrogens is 258 g/mol. The van der Waals surface area contributed by atoms with Gasteiger partial charge in [0.05, 0.1) is 0 Å². The predicted octanol–water partition coefficient (Wildman–Crippen LogP) is 4.30. The van der Waals surface area contributed by atoms with Gasteiger partial charge in [0.1, 0.15) is 0 Å². The summed E-state index contributed by atoms with van der Waals surface area (Å²) in [6.07, 6.45) is 0.411. The zero-order valence-corrected chi connectivity index (χ0v) is 13.2. The second-order valence-corrected chi connectivity index (χ2v) is 6.57. The van der Waals surface area contributed by atoms with Crippen molar-refractivity contribution in [3.05, 3.63) is 64.7 Å². The normalized spacial score (nSPS) is 11.4. The Labute approximate surface area is 127 Å². The van der Waals surface area contributed by atoms with Crippen molar-refractivity contribution in [1.29, 1.82) is 0 Å². The van der Waals surface area contributed by atoms with Gasteiger partial charge in [0, 0.05) is 17.7 Å². The summed E-state index contributed by atoms with van der Waals surface area (Å²) in [5.74, 6) is 0.114. The maximum absolute atomic E-state index is 12.4. The quantitative estimate of drug-likeness (QED) is 0.673. The van der Waals surface area contributed by atoms with Crippen molar-refractivity contribution in [1.82, 2.24) is 0 Å². The van der Waals surface area contributed by atoms with Gasteiger partial charge in [-0.15, -0.1) is 0 Å². The number of ketones is 1. The number of carbonyl (C=O) groups is 1. The topological polar surface area (TPSA) is 43.1 Å². The van der Waals surface area contributed by atoms with Crippen LogP contribution >= 0.6 is 0 Å². The van der Waals surface area contributed by atoms with E-state index in [2.05, 4.69) is 32.9 Å². The summed E-state index contributed by atoms with van der Waals surface area (Å²) >= 11 is 0. The Morgan fingerprint density at radius 3 is 2.24 bits per heavy atom. The lowest BCUT2D eigenvalue weighted by molar-refractivity contribution is 0.0992. The summed E-state index contributed by atoms with van der Waals surface area (Å²) in [5, 5.41) is 0. The molecule has 2 heteroatoms. The van der Waals surface area contributed by atoms with Crippen molar-refractivity contribution < 1.29 is 4.79 Å². The monoisotopic (exact) mass is 281 g/mol. The van der Waals surface area contributed by atoms with Crippen molar-refractivity contribution in [2.24, 2.45) is 0 Å². The van der Waals surface area contributed by atoms with E-state index in [0.29, 0.717) is 12.1 Å². The number of benzene rings is 2. The van der Waals surface area contributed by atoms with E-state index in [1.807, 2.05) is 37.3 Å². The molecule has 21 heavy (non-hydrogen) atoms. The number of Topliss-reactive ketones (excluding diaryl/α,β-unsaturated/α-hetero) is 1. The van der Waals surface area contributed by atoms with Crippen molar-refractivity contribution in [2.45, 2.75) is 39.5 Å². The number of carbonyl (C=O) groups excluding carboxylic acids is 1. The third-order valence-electron chi connectivity index (χ3n) is 3.86. The average molecular weight is 281 g/mol. The predicted molar refractivity (Wildman–Crippen MR) is 88.8 cm³/mol. The molecule has 0 saturated heterocycles. The summed E-state index contributed by atoms with van der Waals surface area (Å²) in [7, 11) is 0. The number of nitrogens with two attached hydrogens (primary N) is 1. The fraction of sp³-hybridized carbons (Fsp3) is 0.316. The zero-order chi connectivity index (χ0) is 15.6. The van der Waals surface area contributed by atoms with Crippen molar-refractivity contribution >= 4 is 11.5 Å². The Kier molecular flexibility index (Phi) is 4.17. The molecule has 0 aliphatic rings. The van der Waals surface area contributed by atoms with Crippen LogP contribution in [0.3, 0.4) is 0 Å². The van der Waals surface area contributed by atoms with Gasteiger partial charge in [-0.3, -0.25) is 4.79 Å². The van der Waals surface area contributed by atoms with Gasteiger partial charge >= 0.3 is 0 Å². The van der Waals surface area contributed by atoms with Crippen molar-refractivity contribution in [3.8, 4) is 0 Å². The second-order valence-electron chi connectivity index (χ2n) is 6.57. The second kappa shape index (κ2) is 5.72. The molecule has 0 aromatic heterocycles. The lowest BCUT2D eigenvalue weighted by Gasteiger charge is -2.19. The van der Waals surface area contributed by atoms with Gasteiger partial charge in [0.2, 0.25) is 0 Å². The first-order valence-corrected chi connectivity index (χ1v) is 7.27. The molecular formula is C19H23NO. The highest BCUT2D eigenvalue weighted by molar-refractivity contribution is 5.99. The van der Waals surface area contributed by atoms with Crippen LogP contribution in [0.25, 0.3) is 0 Å². The highest BCUT2D eigenvalue weighted by Crippen LogP contribution is 2.23. The van der Waals surface area contributed by atoms with Gasteiger partial charge in [-0.2, -0.15) is 0 Å². The van der Waals surface area contributed by atoms with Crippen LogP contribution in [0.15, 0.2) is 42.5 Å². The molecule has 0 atom stereocenters. The number of hydrogen-bond acceptors (Lipinski definition) is 2. The van der Waals surface area contributed by atoms with E-state index < -0.39 is 0 Å². The maximum atomic E-state index is 12.4. The molecule has 0 heterocycles. The summed E-state index contributed by atoms with van der Waals surface area (Å²) in [5.41, 5.74) is 10.6. The average Bonchev–Trinajstić information content (AvgIpc) is 2.41. The molecule has 0 aliphatic carbocycles. The first-order chi connectivity index (χ1) is 9.79. The Hall–Kier alpha value is -2.09. The molecule has 0 spiro atoms. The number of hydrogen-bond donors (Lipinski definition) is 1. The fourth-order valence-electron chi connectivity index (χ4n) is 2.36. The van der Waals surface area contributed by atoms with Gasteiger partial charge in [-0.1, -0.05) is 57.2 Å². The van der Waals surface area contributed by atoms with Crippen LogP contribution in [-0.2, 0) is 11.8 Å². The molecule has 0 radical (unpaired) electrons. The van der Waals surface area contributed by atoms with E-state index in [-0.39, 0.29) is 11.2 Å². The molecule has 2 aromatic rings. The van der Waals surface area contributed by atoms with E-state index in [1.54, 1.807) is 0 Å². The summed E-state index contributed by atoms with van der Waals surface area (Å²) in [6, 6.07) is 13.8. The van der Waals surface area contributed by atoms with Gasteiger partial charge in [0.15, 0.2) is 5.78 Å². The van der Waals surface area contributed by atoms with E-state index in [0.717, 1.165) is 16.7 Å². The minimum atomic E-state index is 0.114. The smallest absolute Gasteiger partial charge is 0.167 e. The van der Waals surface area contributed by atoms with Crippen LogP contribution in [0.4, 0.5) is 5.69 Å². The van der Waals surface area contributed by atoms with E-state index >= 15 is 0 Å². The largest absolute Gasteiger partial charge is 0.398 e. The van der Waals surface area contributed by atoms with Gasteiger partial charge in [-0.05, 0) is 35.1 Å². The summed E-state index contributed by atoms with van der Waals surface area (Å²) in [6.45, 7) is 8.45. The van der Waals surface area contributed by atoms with E-state index in [9.17, 15) is 4.79 Å². The first-order valence-electron chi connectivity index (χ1n) is 7.27. The van der Waals surface area contributed by atoms with Gasteiger partial charge in [-0.25, -0.2) is 0 Å². The summed E-state index contributed by atoms with van der Waals surface area (Å²) in [4.78, 5) is 12.4. The minimum absolute atomic E-state index is 0.114. The lowest BCUT2D eigenvalue weighted by atomic mass is 9.86. The Balaban J connectivity index is 2.18. The molecule has 0 aliphatic heterocycles. The third kappa shape index (κ3) is 3.52. The highest BCUT2D eigenvalue weighted by Gasteiger charge is 2.14. The summed E-state index contributed by atoms with van der Waals surface area (Å²) < 4.78 is 0. The van der Waals surface area contributed by atoms with Crippen LogP contribution in [-0.4, -0.2) is 5.78 Å². The Morgan fingerprint density at radius 2 is 1.67 bits per heavy atom. The van der Waals surface area contributed by atoms with Gasteiger partial charge < -0.3 is 5.73 Å². The van der Waals surface area contributed by atoms with Crippen LogP contribution in [0.2, 0.25) is 0 Å². The minimum Gasteiger partial charge on any atom is -0.398 e. The molecule has 0 fully saturated rings. The highest BCUT2D eigenvalue weighted by atomic mass is 16.1. The van der Waals surface area contributed by atoms with Crippen LogP contribution in [0.5, 0.6) is 0 Å². The number of anilines is 1. The lowest BCUT2D eigenvalue weighted by Crippen LogP contribution is -2.11. The van der Waals surface area contributed by atoms with Crippen LogP contribution in [0.1, 0.15) is 47.8 Å². The van der Waals surface area contributed by atoms with E-state index in [4.69, 9.17) is 5.73 Å². The van der Waals surface area contributed by atoms with Crippen LogP contribution < -0.4 is 5.73 Å². The van der Waals surface area contributed by atoms with Gasteiger partial charge in [0.25, 0.3) is 0 Å². The molecule has 0 unspecified atom stereocenters. The molecule has 0 amide bonds. The SMILES string of the molecule is Cc1c(N)cccc1C(=O)Cc1ccc(C(C)(C)C)cc1. The van der Waals surface area contributed by atoms with E-state index in [1.165, 1.54) is 5.56 Å². The Morgan fingerprint density at radius 1 is 1.05 bits per heavy atom. The fourth-order valence-corrected chi connectivity index (χ4v) is 2.36. The third-order valence-corrected chi connectivity index (χ3v) is 3.86. The molecule has 2 nitrogen and oxygen atoms in total.